The molecule has 2 aliphatic heterocycles. The Morgan fingerprint density at radius 3 is 1.80 bits per heavy atom. The quantitative estimate of drug-likeness (QED) is 0.132. The van der Waals surface area contributed by atoms with Gasteiger partial charge in [0.15, 0.2) is 5.78 Å². The van der Waals surface area contributed by atoms with Crippen molar-refractivity contribution < 1.29 is 69.7 Å². The van der Waals surface area contributed by atoms with Crippen molar-refractivity contribution in [1.29, 1.82) is 0 Å². The first-order valence-corrected chi connectivity index (χ1v) is 12.9. The third kappa shape index (κ3) is 6.79. The highest BCUT2D eigenvalue weighted by Gasteiger charge is 2.46. The van der Waals surface area contributed by atoms with Gasteiger partial charge in [-0.3, -0.25) is 4.79 Å². The van der Waals surface area contributed by atoms with E-state index in [9.17, 15) is 50.8 Å². The maximum atomic E-state index is 13.3. The number of carbonyl (C=O) groups excluding carboxylic acids is 1. The third-order valence-corrected chi connectivity index (χ3v) is 7.01. The summed E-state index contributed by atoms with van der Waals surface area (Å²) in [6.07, 6.45) is -16.2. The van der Waals surface area contributed by atoms with Crippen molar-refractivity contribution in [3.8, 4) is 17.2 Å². The molecule has 4 rings (SSSR count). The molecule has 0 bridgehead atoms. The maximum Gasteiger partial charge on any atom is 0.229 e. The lowest BCUT2D eigenvalue weighted by atomic mass is 9.98. The van der Waals surface area contributed by atoms with Gasteiger partial charge in [0.25, 0.3) is 0 Å². The highest BCUT2D eigenvalue weighted by Crippen LogP contribution is 2.38. The number of hydrogen-bond donors (Lipinski definition) is 9. The lowest BCUT2D eigenvalue weighted by Crippen LogP contribution is -2.60. The first-order valence-electron chi connectivity index (χ1n) is 12.9. The van der Waals surface area contributed by atoms with Crippen molar-refractivity contribution in [3.05, 3.63) is 53.6 Å². The highest BCUT2D eigenvalue weighted by molar-refractivity contribution is 6.01. The van der Waals surface area contributed by atoms with Crippen LogP contribution < -0.4 is 9.47 Å². The number of hydrogen-bond acceptors (Lipinski definition) is 14. The number of phenolic OH excluding ortho intramolecular Hbond substituents is 1. The number of ketones is 1. The molecular weight excluding hydrogens is 548 g/mol. The van der Waals surface area contributed by atoms with Crippen LogP contribution in [0.25, 0.3) is 0 Å². The van der Waals surface area contributed by atoms with Gasteiger partial charge in [0.2, 0.25) is 12.6 Å². The molecule has 0 saturated carbocycles. The summed E-state index contributed by atoms with van der Waals surface area (Å²) in [6.45, 7) is -1.45. The monoisotopic (exact) mass is 582 g/mol. The molecule has 0 radical (unpaired) electrons. The minimum atomic E-state index is -1.84. The van der Waals surface area contributed by atoms with E-state index in [-0.39, 0.29) is 23.5 Å². The minimum Gasteiger partial charge on any atom is -0.507 e. The molecule has 0 amide bonds. The van der Waals surface area contributed by atoms with E-state index < -0.39 is 86.2 Å². The van der Waals surface area contributed by atoms with Crippen LogP contribution >= 0.6 is 0 Å². The van der Waals surface area contributed by atoms with Gasteiger partial charge in [-0.2, -0.15) is 0 Å². The van der Waals surface area contributed by atoms with E-state index in [2.05, 4.69) is 0 Å². The summed E-state index contributed by atoms with van der Waals surface area (Å²) in [6, 6.07) is 11.2. The van der Waals surface area contributed by atoms with Crippen molar-refractivity contribution in [2.24, 2.45) is 0 Å². The first kappa shape index (κ1) is 31.1. The number of aliphatic hydroxyl groups excluding tert-OH is 8. The number of aryl methyl sites for hydroxylation is 1. The van der Waals surface area contributed by atoms with Crippen LogP contribution in [0.4, 0.5) is 0 Å². The van der Waals surface area contributed by atoms with Gasteiger partial charge in [-0.15, -0.1) is 0 Å². The van der Waals surface area contributed by atoms with Crippen LogP contribution in [0.15, 0.2) is 42.5 Å². The van der Waals surface area contributed by atoms with Crippen molar-refractivity contribution in [2.45, 2.75) is 74.3 Å². The number of benzene rings is 2. The van der Waals surface area contributed by atoms with Gasteiger partial charge in [-0.05, 0) is 12.0 Å². The summed E-state index contributed by atoms with van der Waals surface area (Å²) in [4.78, 5) is 13.3. The fraction of sp³-hybridized carbons (Fsp3) is 0.519. The number of phenols is 1. The average Bonchev–Trinajstić information content (AvgIpc) is 2.96. The van der Waals surface area contributed by atoms with E-state index in [1.165, 1.54) is 0 Å². The molecule has 2 aromatic carbocycles. The molecule has 2 aromatic rings. The molecule has 0 aromatic heterocycles. The van der Waals surface area contributed by atoms with Crippen molar-refractivity contribution in [3.63, 3.8) is 0 Å². The second-order valence-electron chi connectivity index (χ2n) is 9.85. The van der Waals surface area contributed by atoms with Crippen LogP contribution in [0.1, 0.15) is 22.3 Å². The van der Waals surface area contributed by atoms with E-state index in [4.69, 9.17) is 18.9 Å². The number of carbonyl (C=O) groups is 1. The third-order valence-electron chi connectivity index (χ3n) is 7.01. The van der Waals surface area contributed by atoms with Gasteiger partial charge < -0.3 is 64.9 Å². The summed E-state index contributed by atoms with van der Waals surface area (Å²) >= 11 is 0. The van der Waals surface area contributed by atoms with Crippen molar-refractivity contribution in [1.82, 2.24) is 0 Å². The Morgan fingerprint density at radius 2 is 1.27 bits per heavy atom. The number of Topliss-reactive ketones (excluding diaryl/α,β-unsaturated/α-hetero) is 1. The van der Waals surface area contributed by atoms with Crippen molar-refractivity contribution >= 4 is 5.78 Å². The van der Waals surface area contributed by atoms with E-state index in [1.54, 1.807) is 12.1 Å². The number of ether oxygens (including phenoxy) is 4. The second-order valence-corrected chi connectivity index (χ2v) is 9.85. The molecule has 0 spiro atoms. The highest BCUT2D eigenvalue weighted by atomic mass is 16.7. The smallest absolute Gasteiger partial charge is 0.229 e. The molecule has 10 atom stereocenters. The Bertz CT molecular complexity index is 1160. The van der Waals surface area contributed by atoms with E-state index >= 15 is 0 Å². The number of aromatic hydroxyl groups is 1. The molecule has 14 nitrogen and oxygen atoms in total. The number of rotatable bonds is 10. The molecule has 0 unspecified atom stereocenters. The molecule has 9 N–H and O–H groups in total. The zero-order chi connectivity index (χ0) is 29.8. The Hall–Kier alpha value is -2.89. The Balaban J connectivity index is 1.64. The molecule has 226 valence electrons. The SMILES string of the molecule is O=C(CCc1ccccc1)c1c(O)cc(O[C@@H]2O[C@H](CO)[C@@H](O)[C@H](O)[C@H]2O)cc1O[C@@H]1O[C@H](CO)[C@@H](O)[C@H](O)[C@H]1O. The number of aliphatic hydroxyl groups is 8. The van der Waals surface area contributed by atoms with Gasteiger partial charge in [0.1, 0.15) is 71.6 Å². The molecular formula is C27H34O14. The molecule has 2 heterocycles. The van der Waals surface area contributed by atoms with Gasteiger partial charge in [-0.1, -0.05) is 30.3 Å². The molecule has 2 fully saturated rings. The van der Waals surface area contributed by atoms with Gasteiger partial charge in [-0.25, -0.2) is 0 Å². The predicted octanol–water partition coefficient (Wildman–Crippen LogP) is -2.43. The average molecular weight is 583 g/mol. The predicted molar refractivity (Wildman–Crippen MR) is 136 cm³/mol. The van der Waals surface area contributed by atoms with Crippen LogP contribution in [-0.2, 0) is 15.9 Å². The standard InChI is InChI=1S/C27H34O14/c28-10-17-20(32)22(34)24(36)26(40-17)38-13-8-15(31)19(14(30)7-6-12-4-2-1-3-5-12)16(9-13)39-27-25(37)23(35)21(33)18(11-29)41-27/h1-5,8-9,17-18,20-29,31-37H,6-7,10-11H2/t17-,18-,20-,21-,22+,23+,24-,25-,26-,27-/m1/s1. The van der Waals surface area contributed by atoms with Crippen molar-refractivity contribution in [2.75, 3.05) is 13.2 Å². The fourth-order valence-corrected chi connectivity index (χ4v) is 4.63. The van der Waals surface area contributed by atoms with Crippen LogP contribution in [-0.4, -0.2) is 126 Å². The van der Waals surface area contributed by atoms with Gasteiger partial charge in [0.05, 0.1) is 13.2 Å². The zero-order valence-electron chi connectivity index (χ0n) is 21.7. The van der Waals surface area contributed by atoms with Crippen LogP contribution in [0.5, 0.6) is 17.2 Å². The second kappa shape index (κ2) is 13.4. The van der Waals surface area contributed by atoms with E-state index in [0.29, 0.717) is 6.42 Å². The Morgan fingerprint density at radius 1 is 0.732 bits per heavy atom. The molecule has 2 aliphatic rings. The normalized spacial score (nSPS) is 33.8. The van der Waals surface area contributed by atoms with Gasteiger partial charge >= 0.3 is 0 Å². The molecule has 41 heavy (non-hydrogen) atoms. The lowest BCUT2D eigenvalue weighted by Gasteiger charge is -2.40. The Kier molecular flexibility index (Phi) is 10.1. The topological polar surface area (TPSA) is 236 Å². The molecule has 2 saturated heterocycles. The lowest BCUT2D eigenvalue weighted by molar-refractivity contribution is -0.278. The van der Waals surface area contributed by atoms with Crippen LogP contribution in [0.2, 0.25) is 0 Å². The Labute approximate surface area is 234 Å². The largest absolute Gasteiger partial charge is 0.507 e. The maximum absolute atomic E-state index is 13.3. The summed E-state index contributed by atoms with van der Waals surface area (Å²) in [7, 11) is 0. The summed E-state index contributed by atoms with van der Waals surface area (Å²) < 4.78 is 22.0. The van der Waals surface area contributed by atoms with E-state index in [0.717, 1.165) is 17.7 Å². The van der Waals surface area contributed by atoms with Crippen LogP contribution in [0.3, 0.4) is 0 Å². The van der Waals surface area contributed by atoms with Crippen LogP contribution in [0, 0.1) is 0 Å². The summed E-state index contributed by atoms with van der Waals surface area (Å²) in [5.41, 5.74) is 0.512. The molecule has 14 heteroatoms. The minimum absolute atomic E-state index is 0.0739. The molecule has 0 aliphatic carbocycles. The van der Waals surface area contributed by atoms with E-state index in [1.807, 2.05) is 18.2 Å². The summed E-state index contributed by atoms with van der Waals surface area (Å²) in [5, 5.41) is 90.9. The fourth-order valence-electron chi connectivity index (χ4n) is 4.63. The first-order chi connectivity index (χ1) is 19.5. The summed E-state index contributed by atoms with van der Waals surface area (Å²) in [5.74, 6) is -1.85. The van der Waals surface area contributed by atoms with Gasteiger partial charge in [0, 0.05) is 18.6 Å². The zero-order valence-corrected chi connectivity index (χ0v) is 21.7.